The third-order valence-electron chi connectivity index (χ3n) is 3.39. The van der Waals surface area contributed by atoms with E-state index in [0.29, 0.717) is 12.8 Å². The number of rotatable bonds is 5. The Kier molecular flexibility index (Phi) is 4.67. The normalized spacial score (nSPS) is 21.4. The molecule has 2 aliphatic rings. The van der Waals surface area contributed by atoms with Crippen molar-refractivity contribution < 1.29 is 22.7 Å². The van der Waals surface area contributed by atoms with Crippen molar-refractivity contribution in [2.24, 2.45) is 0 Å². The van der Waals surface area contributed by atoms with E-state index in [0.717, 1.165) is 30.8 Å². The molecule has 0 aromatic heterocycles. The highest BCUT2D eigenvalue weighted by Gasteiger charge is 2.40. The van der Waals surface area contributed by atoms with Gasteiger partial charge in [0.15, 0.2) is 0 Å². The summed E-state index contributed by atoms with van der Waals surface area (Å²) in [5.74, 6) is -0.543. The minimum Gasteiger partial charge on any atom is -0.368 e. The van der Waals surface area contributed by atoms with Crippen LogP contribution in [0.1, 0.15) is 25.7 Å². The summed E-state index contributed by atoms with van der Waals surface area (Å²) in [4.78, 5) is 12.7. The molecule has 1 heterocycles. The van der Waals surface area contributed by atoms with E-state index in [2.05, 4.69) is 5.32 Å². The van der Waals surface area contributed by atoms with Gasteiger partial charge < -0.3 is 15.0 Å². The molecule has 19 heavy (non-hydrogen) atoms. The van der Waals surface area contributed by atoms with E-state index in [4.69, 9.17) is 4.74 Å². The van der Waals surface area contributed by atoms with Crippen LogP contribution in [-0.4, -0.2) is 55.4 Å². The Morgan fingerprint density at radius 3 is 2.37 bits per heavy atom. The number of ether oxygens (including phenoxy) is 1. The number of carbonyl (C=O) groups excluding carboxylic acids is 1. The van der Waals surface area contributed by atoms with Gasteiger partial charge in [-0.15, -0.1) is 0 Å². The Balaban J connectivity index is 1.78. The maximum absolute atomic E-state index is 12.4. The summed E-state index contributed by atoms with van der Waals surface area (Å²) in [6.07, 6.45) is -1.43. The summed E-state index contributed by atoms with van der Waals surface area (Å²) in [6, 6.07) is -0.245. The number of nitrogens with one attached hydrogen (secondary N) is 1. The fourth-order valence-electron chi connectivity index (χ4n) is 2.23. The number of hydrogen-bond acceptors (Lipinski definition) is 3. The lowest BCUT2D eigenvalue weighted by Crippen LogP contribution is -2.43. The van der Waals surface area contributed by atoms with Gasteiger partial charge in [-0.3, -0.25) is 4.79 Å². The van der Waals surface area contributed by atoms with E-state index < -0.39 is 18.6 Å². The Hall–Kier alpha value is -0.820. The van der Waals surface area contributed by atoms with Gasteiger partial charge in [0.2, 0.25) is 5.91 Å². The molecular weight excluding hydrogens is 261 g/mol. The molecule has 7 heteroatoms. The molecule has 1 aliphatic carbocycles. The van der Waals surface area contributed by atoms with Gasteiger partial charge >= 0.3 is 6.18 Å². The Bertz CT molecular complexity index is 313. The van der Waals surface area contributed by atoms with Gasteiger partial charge in [0, 0.05) is 6.04 Å². The number of piperidine rings is 1. The summed E-state index contributed by atoms with van der Waals surface area (Å²) in [7, 11) is 0. The Labute approximate surface area is 110 Å². The summed E-state index contributed by atoms with van der Waals surface area (Å²) in [6.45, 7) is 0.255. The van der Waals surface area contributed by atoms with E-state index in [-0.39, 0.29) is 18.8 Å². The minimum absolute atomic E-state index is 0.0165. The molecule has 4 nitrogen and oxygen atoms in total. The summed E-state index contributed by atoms with van der Waals surface area (Å²) in [5, 5.41) is 3.16. The summed E-state index contributed by atoms with van der Waals surface area (Å²) >= 11 is 0. The smallest absolute Gasteiger partial charge is 0.368 e. The lowest BCUT2D eigenvalue weighted by molar-refractivity contribution is -0.166. The first-order valence-electron chi connectivity index (χ1n) is 6.64. The van der Waals surface area contributed by atoms with Gasteiger partial charge in [-0.1, -0.05) is 0 Å². The van der Waals surface area contributed by atoms with Crippen molar-refractivity contribution in [3.8, 4) is 0 Å². The van der Waals surface area contributed by atoms with E-state index in [1.807, 2.05) is 0 Å². The van der Waals surface area contributed by atoms with E-state index in [1.54, 1.807) is 0 Å². The first kappa shape index (κ1) is 14.6. The van der Waals surface area contributed by atoms with Crippen molar-refractivity contribution in [1.82, 2.24) is 10.2 Å². The van der Waals surface area contributed by atoms with Gasteiger partial charge in [0.05, 0.1) is 6.10 Å². The molecule has 1 saturated heterocycles. The SMILES string of the molecule is O=C(COC1CCNCC1)N(CC(F)(F)F)C1CC1. The molecule has 0 aromatic carbocycles. The first-order chi connectivity index (χ1) is 8.96. The van der Waals surface area contributed by atoms with E-state index in [9.17, 15) is 18.0 Å². The largest absolute Gasteiger partial charge is 0.406 e. The quantitative estimate of drug-likeness (QED) is 0.825. The highest BCUT2D eigenvalue weighted by Crippen LogP contribution is 2.30. The number of amides is 1. The molecule has 110 valence electrons. The first-order valence-corrected chi connectivity index (χ1v) is 6.64. The second-order valence-corrected chi connectivity index (χ2v) is 5.13. The van der Waals surface area contributed by atoms with Crippen LogP contribution in [0.2, 0.25) is 0 Å². The predicted molar refractivity (Wildman–Crippen MR) is 62.6 cm³/mol. The lowest BCUT2D eigenvalue weighted by Gasteiger charge is -2.26. The van der Waals surface area contributed by atoms with Gasteiger partial charge in [0.1, 0.15) is 13.2 Å². The standard InChI is InChI=1S/C12H19F3N2O2/c13-12(14,15)8-17(9-1-2-9)11(18)7-19-10-3-5-16-6-4-10/h9-10,16H,1-8H2. The number of nitrogens with zero attached hydrogens (tertiary/aromatic N) is 1. The van der Waals surface area contributed by atoms with Crippen molar-refractivity contribution in [1.29, 1.82) is 0 Å². The summed E-state index contributed by atoms with van der Waals surface area (Å²) in [5.41, 5.74) is 0. The van der Waals surface area contributed by atoms with Crippen molar-refractivity contribution in [3.05, 3.63) is 0 Å². The molecular formula is C12H19F3N2O2. The van der Waals surface area contributed by atoms with Crippen LogP contribution in [0.4, 0.5) is 13.2 Å². The number of alkyl halides is 3. The fraction of sp³-hybridized carbons (Fsp3) is 0.917. The monoisotopic (exact) mass is 280 g/mol. The molecule has 1 amide bonds. The van der Waals surface area contributed by atoms with Crippen LogP contribution < -0.4 is 5.32 Å². The highest BCUT2D eigenvalue weighted by molar-refractivity contribution is 5.78. The average Bonchev–Trinajstić information content (AvgIpc) is 3.17. The Morgan fingerprint density at radius 1 is 1.21 bits per heavy atom. The van der Waals surface area contributed by atoms with Crippen LogP contribution in [0.25, 0.3) is 0 Å². The van der Waals surface area contributed by atoms with Crippen molar-refractivity contribution in [2.45, 2.75) is 44.0 Å². The maximum atomic E-state index is 12.4. The number of carbonyl (C=O) groups is 1. The minimum atomic E-state index is -4.34. The van der Waals surface area contributed by atoms with Crippen molar-refractivity contribution in [2.75, 3.05) is 26.2 Å². The molecule has 1 N–H and O–H groups in total. The van der Waals surface area contributed by atoms with E-state index in [1.165, 1.54) is 0 Å². The molecule has 0 unspecified atom stereocenters. The van der Waals surface area contributed by atoms with Crippen LogP contribution in [0.3, 0.4) is 0 Å². The van der Waals surface area contributed by atoms with Gasteiger partial charge in [-0.05, 0) is 38.8 Å². The molecule has 0 spiro atoms. The molecule has 0 radical (unpaired) electrons. The van der Waals surface area contributed by atoms with Crippen LogP contribution in [-0.2, 0) is 9.53 Å². The second-order valence-electron chi connectivity index (χ2n) is 5.13. The van der Waals surface area contributed by atoms with Gasteiger partial charge in [0.25, 0.3) is 0 Å². The average molecular weight is 280 g/mol. The zero-order valence-electron chi connectivity index (χ0n) is 10.7. The second kappa shape index (κ2) is 6.09. The number of hydrogen-bond donors (Lipinski definition) is 1. The summed E-state index contributed by atoms with van der Waals surface area (Å²) < 4.78 is 42.6. The van der Waals surface area contributed by atoms with E-state index >= 15 is 0 Å². The molecule has 1 aliphatic heterocycles. The van der Waals surface area contributed by atoms with Crippen LogP contribution in [0.15, 0.2) is 0 Å². The van der Waals surface area contributed by atoms with Crippen molar-refractivity contribution in [3.63, 3.8) is 0 Å². The van der Waals surface area contributed by atoms with Gasteiger partial charge in [-0.25, -0.2) is 0 Å². The molecule has 2 rings (SSSR count). The van der Waals surface area contributed by atoms with Crippen molar-refractivity contribution >= 4 is 5.91 Å². The number of halogens is 3. The van der Waals surface area contributed by atoms with Crippen LogP contribution >= 0.6 is 0 Å². The van der Waals surface area contributed by atoms with Crippen LogP contribution in [0, 0.1) is 0 Å². The third kappa shape index (κ3) is 4.99. The third-order valence-corrected chi connectivity index (χ3v) is 3.39. The van der Waals surface area contributed by atoms with Gasteiger partial charge in [-0.2, -0.15) is 13.2 Å². The molecule has 2 fully saturated rings. The molecule has 1 saturated carbocycles. The zero-order valence-corrected chi connectivity index (χ0v) is 10.7. The maximum Gasteiger partial charge on any atom is 0.406 e. The molecule has 0 aromatic rings. The van der Waals surface area contributed by atoms with Crippen LogP contribution in [0.5, 0.6) is 0 Å². The molecule has 0 bridgehead atoms. The zero-order chi connectivity index (χ0) is 13.9. The highest BCUT2D eigenvalue weighted by atomic mass is 19.4. The topological polar surface area (TPSA) is 41.6 Å². The lowest BCUT2D eigenvalue weighted by atomic mass is 10.1. The predicted octanol–water partition coefficient (Wildman–Crippen LogP) is 1.31. The Morgan fingerprint density at radius 2 is 1.84 bits per heavy atom. The molecule has 0 atom stereocenters. The fourth-order valence-corrected chi connectivity index (χ4v) is 2.23.